The van der Waals surface area contributed by atoms with E-state index in [9.17, 15) is 14.4 Å². The molecule has 6 nitrogen and oxygen atoms in total. The minimum atomic E-state index is -1.11. The van der Waals surface area contributed by atoms with Crippen LogP contribution in [0.15, 0.2) is 5.38 Å². The van der Waals surface area contributed by atoms with Gasteiger partial charge in [-0.15, -0.1) is 11.3 Å². The largest absolute Gasteiger partial charge is 0.476 e. The number of likely N-dealkylation sites (tertiary alicyclic amines) is 1. The molecule has 0 unspecified atom stereocenters. The Balaban J connectivity index is 2.11. The van der Waals surface area contributed by atoms with Crippen molar-refractivity contribution >= 4 is 29.1 Å². The van der Waals surface area contributed by atoms with E-state index >= 15 is 0 Å². The normalized spacial score (nSPS) is 15.9. The lowest BCUT2D eigenvalue weighted by Crippen LogP contribution is -2.28. The predicted molar refractivity (Wildman–Crippen MR) is 53.9 cm³/mol. The van der Waals surface area contributed by atoms with Crippen molar-refractivity contribution < 1.29 is 19.5 Å². The van der Waals surface area contributed by atoms with Gasteiger partial charge in [-0.2, -0.15) is 0 Å². The molecule has 16 heavy (non-hydrogen) atoms. The molecule has 1 aliphatic heterocycles. The monoisotopic (exact) mass is 240 g/mol. The molecule has 0 aliphatic carbocycles. The van der Waals surface area contributed by atoms with Gasteiger partial charge in [0, 0.05) is 18.2 Å². The Morgan fingerprint density at radius 3 is 2.56 bits per heavy atom. The molecule has 2 rings (SSSR count). The van der Waals surface area contributed by atoms with Crippen molar-refractivity contribution in [2.45, 2.75) is 19.4 Å². The van der Waals surface area contributed by atoms with Crippen LogP contribution in [-0.2, 0) is 16.1 Å². The van der Waals surface area contributed by atoms with Crippen molar-refractivity contribution in [1.29, 1.82) is 0 Å². The summed E-state index contributed by atoms with van der Waals surface area (Å²) < 4.78 is 0. The fraction of sp³-hybridized carbons (Fsp3) is 0.333. The molecular weight excluding hydrogens is 232 g/mol. The quantitative estimate of drug-likeness (QED) is 0.777. The van der Waals surface area contributed by atoms with Crippen LogP contribution < -0.4 is 0 Å². The Hall–Kier alpha value is -1.76. The van der Waals surface area contributed by atoms with Crippen molar-refractivity contribution in [3.05, 3.63) is 16.1 Å². The first kappa shape index (κ1) is 10.7. The number of thiazole rings is 1. The van der Waals surface area contributed by atoms with E-state index in [1.165, 1.54) is 5.38 Å². The second kappa shape index (κ2) is 4.01. The number of carbonyl (C=O) groups is 3. The standard InChI is InChI=1S/C9H8N2O4S/c12-7-1-2-8(13)11(7)3-6-10-5(4-16-6)9(14)15/h4H,1-3H2,(H,14,15). The molecule has 1 aliphatic rings. The number of amides is 2. The molecule has 2 heterocycles. The fourth-order valence-electron chi connectivity index (χ4n) is 1.42. The number of aromatic nitrogens is 1. The lowest BCUT2D eigenvalue weighted by molar-refractivity contribution is -0.139. The highest BCUT2D eigenvalue weighted by Gasteiger charge is 2.29. The van der Waals surface area contributed by atoms with Gasteiger partial charge in [-0.1, -0.05) is 0 Å². The van der Waals surface area contributed by atoms with E-state index in [-0.39, 0.29) is 36.9 Å². The van der Waals surface area contributed by atoms with Gasteiger partial charge in [-0.25, -0.2) is 9.78 Å². The molecule has 1 fully saturated rings. The lowest BCUT2D eigenvalue weighted by Gasteiger charge is -2.10. The average molecular weight is 240 g/mol. The highest BCUT2D eigenvalue weighted by atomic mass is 32.1. The van der Waals surface area contributed by atoms with Gasteiger partial charge in [-0.3, -0.25) is 14.5 Å². The first-order valence-corrected chi connectivity index (χ1v) is 5.47. The summed E-state index contributed by atoms with van der Waals surface area (Å²) in [5.74, 6) is -1.56. The average Bonchev–Trinajstić information content (AvgIpc) is 2.80. The third-order valence-electron chi connectivity index (χ3n) is 2.22. The fourth-order valence-corrected chi connectivity index (χ4v) is 2.17. The molecule has 0 atom stereocenters. The van der Waals surface area contributed by atoms with Crippen LogP contribution in [0.3, 0.4) is 0 Å². The maximum Gasteiger partial charge on any atom is 0.355 e. The van der Waals surface area contributed by atoms with E-state index in [2.05, 4.69) is 4.98 Å². The SMILES string of the molecule is O=C(O)c1csc(CN2C(=O)CCC2=O)n1. The maximum absolute atomic E-state index is 11.3. The van der Waals surface area contributed by atoms with E-state index in [0.717, 1.165) is 16.2 Å². The number of carboxylic acids is 1. The topological polar surface area (TPSA) is 87.6 Å². The minimum absolute atomic E-state index is 0.0564. The van der Waals surface area contributed by atoms with E-state index in [1.807, 2.05) is 0 Å². The van der Waals surface area contributed by atoms with Crippen LogP contribution in [0.2, 0.25) is 0 Å². The number of carbonyl (C=O) groups excluding carboxylic acids is 2. The zero-order valence-corrected chi connectivity index (χ0v) is 8.99. The summed E-state index contributed by atoms with van der Waals surface area (Å²) >= 11 is 1.13. The second-order valence-electron chi connectivity index (χ2n) is 3.31. The van der Waals surface area contributed by atoms with Crippen LogP contribution in [0.1, 0.15) is 28.3 Å². The van der Waals surface area contributed by atoms with Crippen molar-refractivity contribution in [2.75, 3.05) is 0 Å². The predicted octanol–water partition coefficient (Wildman–Crippen LogP) is 0.490. The van der Waals surface area contributed by atoms with Crippen LogP contribution in [0, 0.1) is 0 Å². The molecule has 2 amide bonds. The van der Waals surface area contributed by atoms with E-state index < -0.39 is 5.97 Å². The molecule has 0 radical (unpaired) electrons. The van der Waals surface area contributed by atoms with Crippen molar-refractivity contribution in [3.8, 4) is 0 Å². The molecule has 0 spiro atoms. The molecular formula is C9H8N2O4S. The number of carboxylic acid groups (broad SMARTS) is 1. The first-order chi connectivity index (χ1) is 7.58. The number of aromatic carboxylic acids is 1. The zero-order valence-electron chi connectivity index (χ0n) is 8.17. The molecule has 1 aromatic heterocycles. The van der Waals surface area contributed by atoms with Crippen LogP contribution in [0.5, 0.6) is 0 Å². The molecule has 0 aromatic carbocycles. The molecule has 1 aromatic rings. The number of rotatable bonds is 3. The van der Waals surface area contributed by atoms with Crippen LogP contribution in [0.4, 0.5) is 0 Å². The van der Waals surface area contributed by atoms with Gasteiger partial charge in [0.1, 0.15) is 5.01 Å². The molecule has 7 heteroatoms. The summed E-state index contributed by atoms with van der Waals surface area (Å²) in [5.41, 5.74) is -0.0564. The molecule has 1 saturated heterocycles. The van der Waals surface area contributed by atoms with Crippen LogP contribution >= 0.6 is 11.3 Å². The summed E-state index contributed by atoms with van der Waals surface area (Å²) in [6, 6.07) is 0. The Morgan fingerprint density at radius 2 is 2.06 bits per heavy atom. The van der Waals surface area contributed by atoms with Crippen LogP contribution in [-0.4, -0.2) is 32.8 Å². The highest BCUT2D eigenvalue weighted by Crippen LogP contribution is 2.18. The number of hydrogen-bond donors (Lipinski definition) is 1. The van der Waals surface area contributed by atoms with Gasteiger partial charge in [0.15, 0.2) is 5.69 Å². The lowest BCUT2D eigenvalue weighted by atomic mass is 10.4. The van der Waals surface area contributed by atoms with Gasteiger partial charge < -0.3 is 5.11 Å². The molecule has 0 bridgehead atoms. The summed E-state index contributed by atoms with van der Waals surface area (Å²) in [7, 11) is 0. The van der Waals surface area contributed by atoms with E-state index in [4.69, 9.17) is 5.11 Å². The van der Waals surface area contributed by atoms with Gasteiger partial charge in [0.25, 0.3) is 0 Å². The third-order valence-corrected chi connectivity index (χ3v) is 3.05. The third kappa shape index (κ3) is 1.94. The van der Waals surface area contributed by atoms with Crippen LogP contribution in [0.25, 0.3) is 0 Å². The molecule has 0 saturated carbocycles. The Morgan fingerprint density at radius 1 is 1.44 bits per heavy atom. The second-order valence-corrected chi connectivity index (χ2v) is 4.25. The van der Waals surface area contributed by atoms with Crippen molar-refractivity contribution in [2.24, 2.45) is 0 Å². The summed E-state index contributed by atoms with van der Waals surface area (Å²) in [6.45, 7) is 0.0790. The minimum Gasteiger partial charge on any atom is -0.476 e. The van der Waals surface area contributed by atoms with Gasteiger partial charge in [-0.05, 0) is 0 Å². The van der Waals surface area contributed by atoms with Gasteiger partial charge in [0.2, 0.25) is 11.8 Å². The van der Waals surface area contributed by atoms with E-state index in [1.54, 1.807) is 0 Å². The molecule has 84 valence electrons. The summed E-state index contributed by atoms with van der Waals surface area (Å²) in [4.78, 5) is 38.1. The Labute approximate surface area is 94.5 Å². The number of hydrogen-bond acceptors (Lipinski definition) is 5. The smallest absolute Gasteiger partial charge is 0.355 e. The number of imide groups is 1. The van der Waals surface area contributed by atoms with E-state index in [0.29, 0.717) is 5.01 Å². The van der Waals surface area contributed by atoms with Gasteiger partial charge in [0.05, 0.1) is 6.54 Å². The van der Waals surface area contributed by atoms with Crippen molar-refractivity contribution in [1.82, 2.24) is 9.88 Å². The summed E-state index contributed by atoms with van der Waals surface area (Å²) in [5, 5.41) is 10.5. The first-order valence-electron chi connectivity index (χ1n) is 4.59. The zero-order chi connectivity index (χ0) is 11.7. The maximum atomic E-state index is 11.3. The number of nitrogens with zero attached hydrogens (tertiary/aromatic N) is 2. The van der Waals surface area contributed by atoms with Gasteiger partial charge >= 0.3 is 5.97 Å². The Bertz CT molecular complexity index is 452. The summed E-state index contributed by atoms with van der Waals surface area (Å²) in [6.07, 6.45) is 0.464. The highest BCUT2D eigenvalue weighted by molar-refractivity contribution is 7.09. The van der Waals surface area contributed by atoms with Crippen molar-refractivity contribution in [3.63, 3.8) is 0 Å². The Kier molecular flexibility index (Phi) is 2.69. The molecule has 1 N–H and O–H groups in total.